The fourth-order valence-corrected chi connectivity index (χ4v) is 3.07. The zero-order valence-corrected chi connectivity index (χ0v) is 13.3. The molecule has 1 unspecified atom stereocenters. The van der Waals surface area contributed by atoms with Gasteiger partial charge in [-0.15, -0.1) is 0 Å². The van der Waals surface area contributed by atoms with Gasteiger partial charge in [-0.05, 0) is 38.2 Å². The molecule has 1 atom stereocenters. The van der Waals surface area contributed by atoms with Crippen molar-refractivity contribution in [1.82, 2.24) is 15.3 Å². The number of aromatic nitrogens is 2. The second-order valence-corrected chi connectivity index (χ2v) is 6.30. The van der Waals surface area contributed by atoms with Crippen LogP contribution < -0.4 is 5.32 Å². The Morgan fingerprint density at radius 1 is 1.23 bits per heavy atom. The van der Waals surface area contributed by atoms with Crippen LogP contribution in [0.2, 0.25) is 0 Å². The predicted molar refractivity (Wildman–Crippen MR) is 90.6 cm³/mol. The molecule has 1 aromatic carbocycles. The molecule has 3 rings (SSSR count). The van der Waals surface area contributed by atoms with Gasteiger partial charge in [0.25, 0.3) is 0 Å². The summed E-state index contributed by atoms with van der Waals surface area (Å²) in [7, 11) is 0. The van der Waals surface area contributed by atoms with Crippen LogP contribution in [0.4, 0.5) is 0 Å². The van der Waals surface area contributed by atoms with Gasteiger partial charge < -0.3 is 10.3 Å². The van der Waals surface area contributed by atoms with E-state index >= 15 is 0 Å². The van der Waals surface area contributed by atoms with Gasteiger partial charge in [-0.1, -0.05) is 47.9 Å². The van der Waals surface area contributed by atoms with Crippen molar-refractivity contribution in [1.29, 1.82) is 0 Å². The minimum absolute atomic E-state index is 0.478. The number of allylic oxidation sites excluding steroid dienone is 1. The topological polar surface area (TPSA) is 40.7 Å². The molecule has 1 aliphatic carbocycles. The van der Waals surface area contributed by atoms with Gasteiger partial charge in [0.15, 0.2) is 0 Å². The normalized spacial score (nSPS) is 18.8. The second kappa shape index (κ2) is 7.41. The third-order valence-corrected chi connectivity index (χ3v) is 4.36. The van der Waals surface area contributed by atoms with Crippen LogP contribution in [-0.2, 0) is 13.0 Å². The zero-order valence-electron chi connectivity index (χ0n) is 13.3. The van der Waals surface area contributed by atoms with Gasteiger partial charge in [-0.2, -0.15) is 0 Å². The van der Waals surface area contributed by atoms with Crippen LogP contribution in [0.1, 0.15) is 42.5 Å². The molecular weight excluding hydrogens is 270 g/mol. The summed E-state index contributed by atoms with van der Waals surface area (Å²) in [5.74, 6) is 0. The summed E-state index contributed by atoms with van der Waals surface area (Å²) in [6, 6.07) is 9.41. The fourth-order valence-electron chi connectivity index (χ4n) is 3.07. The molecule has 1 aliphatic rings. The fraction of sp³-hybridized carbons (Fsp3) is 0.421. The molecule has 2 N–H and O–H groups in total. The SMILES string of the molecule is Cc1ccc(CC2=CC(NCc3cnc[nH]3)CCCC2)cc1. The highest BCUT2D eigenvalue weighted by atomic mass is 15.0. The summed E-state index contributed by atoms with van der Waals surface area (Å²) in [5, 5.41) is 3.64. The molecule has 1 heterocycles. The first kappa shape index (κ1) is 15.0. The van der Waals surface area contributed by atoms with E-state index in [-0.39, 0.29) is 0 Å². The summed E-state index contributed by atoms with van der Waals surface area (Å²) in [6.07, 6.45) is 12.2. The number of aryl methyl sites for hydroxylation is 1. The summed E-state index contributed by atoms with van der Waals surface area (Å²) in [6.45, 7) is 3.00. The molecule has 0 amide bonds. The molecule has 0 saturated carbocycles. The van der Waals surface area contributed by atoms with Crippen LogP contribution in [0, 0.1) is 6.92 Å². The van der Waals surface area contributed by atoms with Crippen molar-refractivity contribution in [3.05, 3.63) is 65.3 Å². The van der Waals surface area contributed by atoms with Crippen molar-refractivity contribution in [3.63, 3.8) is 0 Å². The number of nitrogens with zero attached hydrogens (tertiary/aromatic N) is 1. The predicted octanol–water partition coefficient (Wildman–Crippen LogP) is 3.92. The minimum Gasteiger partial charge on any atom is -0.347 e. The van der Waals surface area contributed by atoms with Crippen LogP contribution in [0.15, 0.2) is 48.4 Å². The van der Waals surface area contributed by atoms with E-state index in [1.165, 1.54) is 36.8 Å². The van der Waals surface area contributed by atoms with E-state index < -0.39 is 0 Å². The first-order chi connectivity index (χ1) is 10.8. The van der Waals surface area contributed by atoms with E-state index in [1.54, 1.807) is 11.9 Å². The van der Waals surface area contributed by atoms with Crippen LogP contribution in [0.25, 0.3) is 0 Å². The monoisotopic (exact) mass is 295 g/mol. The van der Waals surface area contributed by atoms with Crippen LogP contribution >= 0.6 is 0 Å². The molecule has 0 fully saturated rings. The van der Waals surface area contributed by atoms with Gasteiger partial charge in [0, 0.05) is 24.5 Å². The molecule has 3 heteroatoms. The quantitative estimate of drug-likeness (QED) is 0.821. The average Bonchev–Trinajstić information content (AvgIpc) is 2.94. The van der Waals surface area contributed by atoms with Gasteiger partial charge in [0.2, 0.25) is 0 Å². The number of nitrogens with one attached hydrogen (secondary N) is 2. The van der Waals surface area contributed by atoms with Crippen molar-refractivity contribution < 1.29 is 0 Å². The Labute approximate surface area is 132 Å². The van der Waals surface area contributed by atoms with Crippen LogP contribution in [0.5, 0.6) is 0 Å². The highest BCUT2D eigenvalue weighted by Crippen LogP contribution is 2.21. The molecule has 2 aromatic rings. The Morgan fingerprint density at radius 3 is 2.86 bits per heavy atom. The van der Waals surface area contributed by atoms with E-state index in [4.69, 9.17) is 0 Å². The lowest BCUT2D eigenvalue weighted by molar-refractivity contribution is 0.535. The average molecular weight is 295 g/mol. The van der Waals surface area contributed by atoms with E-state index in [0.29, 0.717) is 6.04 Å². The lowest BCUT2D eigenvalue weighted by Gasteiger charge is -2.14. The largest absolute Gasteiger partial charge is 0.347 e. The first-order valence-corrected chi connectivity index (χ1v) is 8.25. The van der Waals surface area contributed by atoms with Gasteiger partial charge in [-0.3, -0.25) is 0 Å². The highest BCUT2D eigenvalue weighted by Gasteiger charge is 2.12. The van der Waals surface area contributed by atoms with Crippen LogP contribution in [-0.4, -0.2) is 16.0 Å². The number of imidazole rings is 1. The Hall–Kier alpha value is -1.87. The lowest BCUT2D eigenvalue weighted by atomic mass is 10.00. The summed E-state index contributed by atoms with van der Waals surface area (Å²) in [4.78, 5) is 7.23. The zero-order chi connectivity index (χ0) is 15.2. The molecule has 0 aliphatic heterocycles. The van der Waals surface area contributed by atoms with Gasteiger partial charge in [0.05, 0.1) is 6.33 Å². The highest BCUT2D eigenvalue weighted by molar-refractivity contribution is 5.26. The Morgan fingerprint density at radius 2 is 2.09 bits per heavy atom. The molecular formula is C19H25N3. The minimum atomic E-state index is 0.478. The van der Waals surface area contributed by atoms with Gasteiger partial charge in [0.1, 0.15) is 0 Å². The number of benzene rings is 1. The molecule has 1 aromatic heterocycles. The number of H-pyrrole nitrogens is 1. The number of hydrogen-bond donors (Lipinski definition) is 2. The lowest BCUT2D eigenvalue weighted by Crippen LogP contribution is -2.26. The van der Waals surface area contributed by atoms with Crippen molar-refractivity contribution in [2.75, 3.05) is 0 Å². The van der Waals surface area contributed by atoms with E-state index in [9.17, 15) is 0 Å². The smallest absolute Gasteiger partial charge is 0.0922 e. The first-order valence-electron chi connectivity index (χ1n) is 8.25. The molecule has 0 saturated heterocycles. The maximum Gasteiger partial charge on any atom is 0.0922 e. The standard InChI is InChI=1S/C19H25N3/c1-15-6-8-16(9-7-15)10-17-4-2-3-5-18(11-17)21-13-19-12-20-14-22-19/h6-9,11-12,14,18,21H,2-5,10,13H2,1H3,(H,20,22). The third kappa shape index (κ3) is 4.31. The Balaban J connectivity index is 1.62. The molecule has 0 radical (unpaired) electrons. The van der Waals surface area contributed by atoms with Gasteiger partial charge in [-0.25, -0.2) is 4.98 Å². The second-order valence-electron chi connectivity index (χ2n) is 6.30. The molecule has 0 spiro atoms. The third-order valence-electron chi connectivity index (χ3n) is 4.36. The van der Waals surface area contributed by atoms with Crippen molar-refractivity contribution in [3.8, 4) is 0 Å². The molecule has 116 valence electrons. The van der Waals surface area contributed by atoms with Crippen molar-refractivity contribution in [2.24, 2.45) is 0 Å². The molecule has 0 bridgehead atoms. The molecule has 3 nitrogen and oxygen atoms in total. The van der Waals surface area contributed by atoms with E-state index in [2.05, 4.69) is 52.5 Å². The summed E-state index contributed by atoms with van der Waals surface area (Å²) >= 11 is 0. The number of aromatic amines is 1. The van der Waals surface area contributed by atoms with Crippen LogP contribution in [0.3, 0.4) is 0 Å². The summed E-state index contributed by atoms with van der Waals surface area (Å²) in [5.41, 5.74) is 5.48. The molecule has 22 heavy (non-hydrogen) atoms. The number of rotatable bonds is 5. The summed E-state index contributed by atoms with van der Waals surface area (Å²) < 4.78 is 0. The number of hydrogen-bond acceptors (Lipinski definition) is 2. The maximum atomic E-state index is 4.07. The maximum absolute atomic E-state index is 4.07. The van der Waals surface area contributed by atoms with Crippen molar-refractivity contribution >= 4 is 0 Å². The van der Waals surface area contributed by atoms with E-state index in [1.807, 2.05) is 6.20 Å². The van der Waals surface area contributed by atoms with Gasteiger partial charge >= 0.3 is 0 Å². The van der Waals surface area contributed by atoms with E-state index in [0.717, 1.165) is 18.7 Å². The van der Waals surface area contributed by atoms with Crippen molar-refractivity contribution in [2.45, 2.75) is 51.6 Å². The Bertz CT molecular complexity index is 596. The Kier molecular flexibility index (Phi) is 5.07.